The van der Waals surface area contributed by atoms with E-state index < -0.39 is 11.9 Å². The zero-order chi connectivity index (χ0) is 28.5. The molecule has 10 heteroatoms. The van der Waals surface area contributed by atoms with E-state index in [9.17, 15) is 14.7 Å². The van der Waals surface area contributed by atoms with Crippen LogP contribution in [0.4, 0.5) is 11.5 Å². The molecule has 0 bridgehead atoms. The Kier molecular flexibility index (Phi) is 6.40. The van der Waals surface area contributed by atoms with Gasteiger partial charge in [-0.05, 0) is 67.1 Å². The second kappa shape index (κ2) is 10.3. The van der Waals surface area contributed by atoms with Crippen molar-refractivity contribution in [3.05, 3.63) is 114 Å². The molecule has 200 valence electrons. The van der Waals surface area contributed by atoms with Crippen molar-refractivity contribution in [2.24, 2.45) is 0 Å². The Hall–Kier alpha value is -5.90. The molecule has 4 N–H and O–H groups in total. The highest BCUT2D eigenvalue weighted by Gasteiger charge is 2.20. The number of fused-ring (bicyclic) bond motifs is 1. The number of hydrogen-bond acceptors (Lipinski definition) is 7. The van der Waals surface area contributed by atoms with Crippen LogP contribution in [0.5, 0.6) is 0 Å². The second-order valence-electron chi connectivity index (χ2n) is 9.30. The van der Waals surface area contributed by atoms with Gasteiger partial charge in [0.05, 0.1) is 28.7 Å². The molecule has 0 aliphatic carbocycles. The van der Waals surface area contributed by atoms with Crippen LogP contribution in [0.2, 0.25) is 0 Å². The van der Waals surface area contributed by atoms with E-state index in [0.29, 0.717) is 45.3 Å². The maximum absolute atomic E-state index is 12.9. The Bertz CT molecular complexity index is 1930. The molecule has 4 aromatic heterocycles. The number of nitrogens with zero attached hydrogens (tertiary/aromatic N) is 5. The van der Waals surface area contributed by atoms with Gasteiger partial charge in [0.15, 0.2) is 11.5 Å². The van der Waals surface area contributed by atoms with Crippen LogP contribution in [0.25, 0.3) is 39.5 Å². The lowest BCUT2D eigenvalue weighted by Gasteiger charge is -2.11. The van der Waals surface area contributed by atoms with Gasteiger partial charge in [0, 0.05) is 17.4 Å². The van der Waals surface area contributed by atoms with Gasteiger partial charge < -0.3 is 16.2 Å². The lowest BCUT2D eigenvalue weighted by molar-refractivity contribution is 0.0696. The monoisotopic (exact) mass is 541 g/mol. The summed E-state index contributed by atoms with van der Waals surface area (Å²) in [5.41, 5.74) is 11.8. The number of nitrogen functional groups attached to an aromatic ring is 1. The van der Waals surface area contributed by atoms with E-state index in [4.69, 9.17) is 15.7 Å². The number of amides is 1. The number of aromatic nitrogens is 5. The van der Waals surface area contributed by atoms with E-state index >= 15 is 0 Å². The molecule has 4 heterocycles. The number of hydrogen-bond donors (Lipinski definition) is 3. The van der Waals surface area contributed by atoms with Crippen molar-refractivity contribution in [1.82, 2.24) is 24.5 Å². The van der Waals surface area contributed by atoms with Crippen LogP contribution in [-0.2, 0) is 0 Å². The van der Waals surface area contributed by atoms with E-state index in [1.54, 1.807) is 49.6 Å². The van der Waals surface area contributed by atoms with Crippen LogP contribution in [0.15, 0.2) is 97.3 Å². The number of imidazole rings is 1. The topological polar surface area (TPSA) is 149 Å². The quantitative estimate of drug-likeness (QED) is 0.254. The molecule has 0 fully saturated rings. The summed E-state index contributed by atoms with van der Waals surface area (Å²) in [5, 5.41) is 12.0. The first-order valence-corrected chi connectivity index (χ1v) is 12.7. The van der Waals surface area contributed by atoms with Crippen molar-refractivity contribution in [1.29, 1.82) is 0 Å². The predicted octanol–water partition coefficient (Wildman–Crippen LogP) is 5.39. The van der Waals surface area contributed by atoms with Crippen molar-refractivity contribution < 1.29 is 14.7 Å². The molecule has 0 atom stereocenters. The summed E-state index contributed by atoms with van der Waals surface area (Å²) in [6, 6.07) is 25.2. The van der Waals surface area contributed by atoms with Crippen molar-refractivity contribution in [2.45, 2.75) is 6.92 Å². The third kappa shape index (κ3) is 4.85. The number of benzene rings is 2. The molecule has 0 radical (unpaired) electrons. The lowest BCUT2D eigenvalue weighted by Crippen LogP contribution is -2.14. The highest BCUT2D eigenvalue weighted by Crippen LogP contribution is 2.31. The largest absolute Gasteiger partial charge is 0.478 e. The Labute approximate surface area is 234 Å². The number of aryl methyl sites for hydroxylation is 1. The molecule has 0 spiro atoms. The summed E-state index contributed by atoms with van der Waals surface area (Å²) in [7, 11) is 0. The van der Waals surface area contributed by atoms with Crippen LogP contribution in [-0.4, -0.2) is 41.5 Å². The molecular formula is C31H23N7O3. The fourth-order valence-electron chi connectivity index (χ4n) is 4.59. The normalized spacial score (nSPS) is 11.0. The number of carboxylic acids is 1. The molecule has 10 nitrogen and oxygen atoms in total. The Balaban J connectivity index is 1.40. The molecule has 6 rings (SSSR count). The average Bonchev–Trinajstić information content (AvgIpc) is 3.36. The van der Waals surface area contributed by atoms with Crippen molar-refractivity contribution in [2.75, 3.05) is 11.1 Å². The molecule has 41 heavy (non-hydrogen) atoms. The summed E-state index contributed by atoms with van der Waals surface area (Å²) in [6.45, 7) is 1.67. The first kappa shape index (κ1) is 25.4. The molecule has 2 aromatic carbocycles. The second-order valence-corrected chi connectivity index (χ2v) is 9.30. The maximum atomic E-state index is 12.9. The highest BCUT2D eigenvalue weighted by atomic mass is 16.4. The first-order chi connectivity index (χ1) is 19.9. The number of carboxylic acid groups (broad SMARTS) is 1. The number of carbonyl (C=O) groups is 2. The molecular weight excluding hydrogens is 518 g/mol. The van der Waals surface area contributed by atoms with Gasteiger partial charge in [0.25, 0.3) is 5.91 Å². The van der Waals surface area contributed by atoms with Crippen LogP contribution < -0.4 is 11.1 Å². The summed E-state index contributed by atoms with van der Waals surface area (Å²) < 4.78 is 1.85. The fourth-order valence-corrected chi connectivity index (χ4v) is 4.59. The van der Waals surface area contributed by atoms with E-state index in [0.717, 1.165) is 11.3 Å². The minimum Gasteiger partial charge on any atom is -0.478 e. The Morgan fingerprint density at radius 2 is 1.73 bits per heavy atom. The Morgan fingerprint density at radius 3 is 2.44 bits per heavy atom. The first-order valence-electron chi connectivity index (χ1n) is 12.7. The van der Waals surface area contributed by atoms with Gasteiger partial charge in [-0.2, -0.15) is 0 Å². The van der Waals surface area contributed by atoms with Crippen LogP contribution in [0.1, 0.15) is 26.4 Å². The SMILES string of the molecule is Cc1cc(NC(=O)c2ccc(-n3c(-c4cccnc4N)nc4ccc(-c5ccccc5)nc43)cn2)ccc1C(=O)O. The zero-order valence-corrected chi connectivity index (χ0v) is 21.8. The number of carbonyl (C=O) groups excluding carboxylic acids is 1. The fraction of sp³-hybridized carbons (Fsp3) is 0.0323. The molecule has 0 aliphatic heterocycles. The van der Waals surface area contributed by atoms with E-state index in [1.165, 1.54) is 6.07 Å². The molecule has 1 amide bonds. The number of aromatic carboxylic acids is 1. The highest BCUT2D eigenvalue weighted by molar-refractivity contribution is 6.03. The summed E-state index contributed by atoms with van der Waals surface area (Å²) in [4.78, 5) is 42.6. The number of rotatable bonds is 6. The van der Waals surface area contributed by atoms with E-state index in [-0.39, 0.29) is 11.3 Å². The van der Waals surface area contributed by atoms with E-state index in [1.807, 2.05) is 53.1 Å². The minimum absolute atomic E-state index is 0.173. The van der Waals surface area contributed by atoms with Crippen molar-refractivity contribution in [3.8, 4) is 28.3 Å². The molecule has 0 saturated carbocycles. The van der Waals surface area contributed by atoms with Gasteiger partial charge in [-0.1, -0.05) is 30.3 Å². The van der Waals surface area contributed by atoms with Gasteiger partial charge >= 0.3 is 5.97 Å². The summed E-state index contributed by atoms with van der Waals surface area (Å²) in [5.74, 6) is -0.602. The number of pyridine rings is 3. The van der Waals surface area contributed by atoms with E-state index in [2.05, 4.69) is 15.3 Å². The predicted molar refractivity (Wildman–Crippen MR) is 156 cm³/mol. The summed E-state index contributed by atoms with van der Waals surface area (Å²) in [6.07, 6.45) is 3.19. The van der Waals surface area contributed by atoms with Gasteiger partial charge in [-0.25, -0.2) is 24.7 Å². The minimum atomic E-state index is -1.03. The zero-order valence-electron chi connectivity index (χ0n) is 21.8. The van der Waals surface area contributed by atoms with Gasteiger partial charge in [-0.3, -0.25) is 9.36 Å². The standard InChI is InChI=1S/C31H23N7O3/c1-18-16-20(9-11-22(18)31(40)41)35-30(39)26-12-10-21(17-34-26)38-28(23-8-5-15-33-27(23)32)37-25-14-13-24(36-29(25)38)19-6-3-2-4-7-19/h2-17H,1H3,(H2,32,33)(H,35,39)(H,40,41). The molecule has 6 aromatic rings. The van der Waals surface area contributed by atoms with Crippen LogP contribution in [0.3, 0.4) is 0 Å². The Morgan fingerprint density at radius 1 is 0.902 bits per heavy atom. The van der Waals surface area contributed by atoms with Crippen LogP contribution in [0, 0.1) is 6.92 Å². The maximum Gasteiger partial charge on any atom is 0.335 e. The number of nitrogens with two attached hydrogens (primary N) is 1. The van der Waals surface area contributed by atoms with Crippen LogP contribution >= 0.6 is 0 Å². The lowest BCUT2D eigenvalue weighted by atomic mass is 10.1. The molecule has 0 saturated heterocycles. The van der Waals surface area contributed by atoms with Gasteiger partial charge in [0.2, 0.25) is 0 Å². The van der Waals surface area contributed by atoms with Gasteiger partial charge in [0.1, 0.15) is 17.0 Å². The number of anilines is 2. The molecule has 0 aliphatic rings. The van der Waals surface area contributed by atoms with Crippen molar-refractivity contribution in [3.63, 3.8) is 0 Å². The average molecular weight is 542 g/mol. The van der Waals surface area contributed by atoms with Crippen molar-refractivity contribution >= 4 is 34.5 Å². The summed E-state index contributed by atoms with van der Waals surface area (Å²) >= 11 is 0. The third-order valence-electron chi connectivity index (χ3n) is 6.61. The third-order valence-corrected chi connectivity index (χ3v) is 6.61. The van der Waals surface area contributed by atoms with Gasteiger partial charge in [-0.15, -0.1) is 0 Å². The molecule has 0 unspecified atom stereocenters. The number of nitrogens with one attached hydrogen (secondary N) is 1. The smallest absolute Gasteiger partial charge is 0.335 e.